The van der Waals surface area contributed by atoms with Gasteiger partial charge in [0.1, 0.15) is 0 Å². The molecule has 2 aromatic carbocycles. The van der Waals surface area contributed by atoms with Crippen LogP contribution in [0.1, 0.15) is 41.7 Å². The average Bonchev–Trinajstić information content (AvgIpc) is 2.64. The number of nitrogens with zero attached hydrogens (tertiary/aromatic N) is 1. The van der Waals surface area contributed by atoms with Crippen LogP contribution in [0.25, 0.3) is 0 Å². The fraction of sp³-hybridized carbons (Fsp3) is 0.300. The van der Waals surface area contributed by atoms with Gasteiger partial charge in [0.25, 0.3) is 5.91 Å². The predicted octanol–water partition coefficient (Wildman–Crippen LogP) is 4.72. The van der Waals surface area contributed by atoms with Crippen molar-refractivity contribution in [1.29, 1.82) is 0 Å². The highest BCUT2D eigenvalue weighted by molar-refractivity contribution is 6.30. The quantitative estimate of drug-likeness (QED) is 0.692. The van der Waals surface area contributed by atoms with Gasteiger partial charge in [0, 0.05) is 35.6 Å². The van der Waals surface area contributed by atoms with E-state index < -0.39 is 0 Å². The van der Waals surface area contributed by atoms with E-state index in [1.165, 1.54) is 0 Å². The summed E-state index contributed by atoms with van der Waals surface area (Å²) in [6, 6.07) is 14.1. The van der Waals surface area contributed by atoms with Crippen LogP contribution in [0.5, 0.6) is 0 Å². The molecule has 138 valence electrons. The van der Waals surface area contributed by atoms with Crippen LogP contribution in [0.3, 0.4) is 0 Å². The zero-order chi connectivity index (χ0) is 19.1. The number of nitrogens with one attached hydrogen (secondary N) is 1. The molecule has 1 unspecified atom stereocenters. The summed E-state index contributed by atoms with van der Waals surface area (Å²) in [5.74, 6) is -0.134. The smallest absolute Gasteiger partial charge is 0.251 e. The fourth-order valence-corrected chi connectivity index (χ4v) is 2.75. The van der Waals surface area contributed by atoms with Crippen LogP contribution >= 0.6 is 23.2 Å². The van der Waals surface area contributed by atoms with Gasteiger partial charge >= 0.3 is 0 Å². The molecule has 0 radical (unpaired) electrons. The summed E-state index contributed by atoms with van der Waals surface area (Å²) in [5.41, 5.74) is 1.58. The summed E-state index contributed by atoms with van der Waals surface area (Å²) in [6.07, 6.45) is 0.950. The Bertz CT molecular complexity index is 745. The van der Waals surface area contributed by atoms with Crippen molar-refractivity contribution in [3.8, 4) is 0 Å². The Morgan fingerprint density at radius 2 is 1.54 bits per heavy atom. The number of amides is 2. The standard InChI is InChI=1S/C20H22Cl2N2O2/c1-14(15-5-9-17(21)10-6-15)24(2)19(25)4-3-13-23-20(26)16-7-11-18(22)12-8-16/h5-12,14H,3-4,13H2,1-2H3,(H,23,26). The van der Waals surface area contributed by atoms with Crippen molar-refractivity contribution >= 4 is 35.0 Å². The first-order valence-corrected chi connectivity index (χ1v) is 9.19. The lowest BCUT2D eigenvalue weighted by Crippen LogP contribution is -2.31. The summed E-state index contributed by atoms with van der Waals surface area (Å²) in [6.45, 7) is 2.42. The molecule has 0 saturated carbocycles. The topological polar surface area (TPSA) is 49.4 Å². The van der Waals surface area contributed by atoms with Crippen molar-refractivity contribution in [1.82, 2.24) is 10.2 Å². The molecule has 2 amide bonds. The van der Waals surface area contributed by atoms with E-state index >= 15 is 0 Å². The second kappa shape index (κ2) is 9.60. The van der Waals surface area contributed by atoms with Gasteiger partial charge < -0.3 is 10.2 Å². The highest BCUT2D eigenvalue weighted by Gasteiger charge is 2.17. The third-order valence-corrected chi connectivity index (χ3v) is 4.79. The molecule has 2 rings (SSSR count). The molecule has 2 aromatic rings. The lowest BCUT2D eigenvalue weighted by Gasteiger charge is -2.25. The average molecular weight is 393 g/mol. The Hall–Kier alpha value is -2.04. The molecule has 26 heavy (non-hydrogen) atoms. The molecule has 0 aliphatic heterocycles. The molecule has 1 N–H and O–H groups in total. The van der Waals surface area contributed by atoms with Gasteiger partial charge in [-0.15, -0.1) is 0 Å². The molecule has 0 spiro atoms. The Kier molecular flexibility index (Phi) is 7.49. The number of carbonyl (C=O) groups excluding carboxylic acids is 2. The number of rotatable bonds is 7. The van der Waals surface area contributed by atoms with Gasteiger partial charge in [-0.05, 0) is 55.3 Å². The Morgan fingerprint density at radius 3 is 2.12 bits per heavy atom. The first-order chi connectivity index (χ1) is 12.4. The van der Waals surface area contributed by atoms with E-state index in [1.54, 1.807) is 36.2 Å². The number of carbonyl (C=O) groups is 2. The van der Waals surface area contributed by atoms with Crippen molar-refractivity contribution in [2.24, 2.45) is 0 Å². The van der Waals surface area contributed by atoms with Crippen molar-refractivity contribution in [2.75, 3.05) is 13.6 Å². The third-order valence-electron chi connectivity index (χ3n) is 4.29. The van der Waals surface area contributed by atoms with Crippen molar-refractivity contribution in [2.45, 2.75) is 25.8 Å². The molecule has 0 aromatic heterocycles. The normalized spacial score (nSPS) is 11.7. The maximum atomic E-state index is 12.3. The summed E-state index contributed by atoms with van der Waals surface area (Å²) in [7, 11) is 1.79. The molecule has 0 bridgehead atoms. The van der Waals surface area contributed by atoms with Gasteiger partial charge in [0.2, 0.25) is 5.91 Å². The van der Waals surface area contributed by atoms with Gasteiger partial charge in [-0.2, -0.15) is 0 Å². The molecule has 6 heteroatoms. The molecule has 0 fully saturated rings. The molecule has 0 aliphatic rings. The highest BCUT2D eigenvalue weighted by Crippen LogP contribution is 2.21. The Morgan fingerprint density at radius 1 is 1.00 bits per heavy atom. The van der Waals surface area contributed by atoms with Crippen LogP contribution in [-0.4, -0.2) is 30.3 Å². The van der Waals surface area contributed by atoms with E-state index in [2.05, 4.69) is 5.32 Å². The van der Waals surface area contributed by atoms with Gasteiger partial charge in [0.05, 0.1) is 6.04 Å². The number of hydrogen-bond acceptors (Lipinski definition) is 2. The lowest BCUT2D eigenvalue weighted by atomic mass is 10.1. The first-order valence-electron chi connectivity index (χ1n) is 8.43. The van der Waals surface area contributed by atoms with Crippen LogP contribution in [0, 0.1) is 0 Å². The van der Waals surface area contributed by atoms with Crippen molar-refractivity contribution in [3.63, 3.8) is 0 Å². The number of halogens is 2. The number of benzene rings is 2. The van der Waals surface area contributed by atoms with Gasteiger partial charge in [-0.3, -0.25) is 9.59 Å². The van der Waals surface area contributed by atoms with Crippen LogP contribution in [0.4, 0.5) is 0 Å². The van der Waals surface area contributed by atoms with Crippen LogP contribution in [-0.2, 0) is 4.79 Å². The van der Waals surface area contributed by atoms with E-state index in [0.717, 1.165) is 5.56 Å². The largest absolute Gasteiger partial charge is 0.352 e. The summed E-state index contributed by atoms with van der Waals surface area (Å²) in [5, 5.41) is 4.07. The fourth-order valence-electron chi connectivity index (χ4n) is 2.50. The van der Waals surface area contributed by atoms with E-state index in [0.29, 0.717) is 35.0 Å². The lowest BCUT2D eigenvalue weighted by molar-refractivity contribution is -0.131. The maximum absolute atomic E-state index is 12.3. The maximum Gasteiger partial charge on any atom is 0.251 e. The summed E-state index contributed by atoms with van der Waals surface area (Å²) in [4.78, 5) is 26.1. The van der Waals surface area contributed by atoms with Crippen LogP contribution in [0.15, 0.2) is 48.5 Å². The molecule has 0 saturated heterocycles. The zero-order valence-electron chi connectivity index (χ0n) is 14.8. The molecular formula is C20H22Cl2N2O2. The second-order valence-corrected chi connectivity index (χ2v) is 6.97. The predicted molar refractivity (Wildman–Crippen MR) is 106 cm³/mol. The van der Waals surface area contributed by atoms with Crippen LogP contribution < -0.4 is 5.32 Å². The Labute approximate surface area is 164 Å². The molecule has 4 nitrogen and oxygen atoms in total. The minimum absolute atomic E-state index is 0.0354. The van der Waals surface area contributed by atoms with Gasteiger partial charge in [-0.1, -0.05) is 35.3 Å². The second-order valence-electron chi connectivity index (χ2n) is 6.10. The van der Waals surface area contributed by atoms with E-state index in [9.17, 15) is 9.59 Å². The monoisotopic (exact) mass is 392 g/mol. The van der Waals surface area contributed by atoms with E-state index in [-0.39, 0.29) is 17.9 Å². The molecule has 1 atom stereocenters. The van der Waals surface area contributed by atoms with Gasteiger partial charge in [-0.25, -0.2) is 0 Å². The van der Waals surface area contributed by atoms with Crippen molar-refractivity contribution < 1.29 is 9.59 Å². The third kappa shape index (κ3) is 5.75. The summed E-state index contributed by atoms with van der Waals surface area (Å²) >= 11 is 11.7. The van der Waals surface area contributed by atoms with Crippen LogP contribution in [0.2, 0.25) is 10.0 Å². The minimum atomic E-state index is -0.169. The minimum Gasteiger partial charge on any atom is -0.352 e. The molecular weight excluding hydrogens is 371 g/mol. The number of hydrogen-bond donors (Lipinski definition) is 1. The Balaban J connectivity index is 1.76. The van der Waals surface area contributed by atoms with Crippen molar-refractivity contribution in [3.05, 3.63) is 69.7 Å². The highest BCUT2D eigenvalue weighted by atomic mass is 35.5. The van der Waals surface area contributed by atoms with Gasteiger partial charge in [0.15, 0.2) is 0 Å². The first kappa shape index (κ1) is 20.3. The SMILES string of the molecule is CC(c1ccc(Cl)cc1)N(C)C(=O)CCCNC(=O)c1ccc(Cl)cc1. The summed E-state index contributed by atoms with van der Waals surface area (Å²) < 4.78 is 0. The van der Waals surface area contributed by atoms with E-state index in [4.69, 9.17) is 23.2 Å². The molecule has 0 aliphatic carbocycles. The molecule has 0 heterocycles. The zero-order valence-corrected chi connectivity index (χ0v) is 16.3. The van der Waals surface area contributed by atoms with E-state index in [1.807, 2.05) is 31.2 Å².